The summed E-state index contributed by atoms with van der Waals surface area (Å²) in [4.78, 5) is 11.8. The first-order chi connectivity index (χ1) is 20.1. The molecule has 3 aliphatic heterocycles. The van der Waals surface area contributed by atoms with Gasteiger partial charge in [0.15, 0.2) is 5.82 Å². The fourth-order valence-electron chi connectivity index (χ4n) is 6.51. The predicted octanol–water partition coefficient (Wildman–Crippen LogP) is 4.13. The first kappa shape index (κ1) is 25.4. The van der Waals surface area contributed by atoms with Gasteiger partial charge in [-0.15, -0.1) is 10.2 Å². The van der Waals surface area contributed by atoms with E-state index in [-0.39, 0.29) is 5.75 Å². The molecule has 2 atom stereocenters. The van der Waals surface area contributed by atoms with E-state index >= 15 is 0 Å². The van der Waals surface area contributed by atoms with E-state index in [0.29, 0.717) is 35.1 Å². The normalized spacial score (nSPS) is 20.4. The molecular weight excluding hydrogens is 510 g/mol. The van der Waals surface area contributed by atoms with Gasteiger partial charge in [-0.3, -0.25) is 4.90 Å². The summed E-state index contributed by atoms with van der Waals surface area (Å²) in [5.74, 6) is 7.86. The number of phenols is 1. The van der Waals surface area contributed by atoms with E-state index in [9.17, 15) is 5.11 Å². The highest BCUT2D eigenvalue weighted by Gasteiger charge is 2.40. The molecule has 3 N–H and O–H groups in total. The van der Waals surface area contributed by atoms with Crippen LogP contribution in [0.2, 0.25) is 0 Å². The van der Waals surface area contributed by atoms with Crippen molar-refractivity contribution in [2.24, 2.45) is 0 Å². The molecule has 4 aromatic rings. The van der Waals surface area contributed by atoms with Crippen LogP contribution in [0.15, 0.2) is 79.0 Å². The molecule has 0 saturated carbocycles. The van der Waals surface area contributed by atoms with E-state index in [1.165, 1.54) is 11.3 Å². The van der Waals surface area contributed by atoms with Crippen LogP contribution in [0.3, 0.4) is 0 Å². The van der Waals surface area contributed by atoms with Gasteiger partial charge >= 0.3 is 0 Å². The molecule has 3 saturated heterocycles. The van der Waals surface area contributed by atoms with Crippen LogP contribution in [-0.2, 0) is 0 Å². The standard InChI is InChI=1S/C33H33N7O/c34-33-31(18-30(36-37-33)29-10-4-5-11-32(29)41)39-21-27-12-13-28(22-39)40(27)26-14-15-35-25(17-26)9-6-16-38-19-24(20-38)23-7-2-1-3-8-23/h1-5,7-8,10-11,14-15,17-18,24,27-28,41H,12-13,16,19-22H2,(H2,34,37). The number of hydrogen-bond acceptors (Lipinski definition) is 8. The molecule has 2 unspecified atom stereocenters. The Morgan fingerprint density at radius 1 is 0.878 bits per heavy atom. The van der Waals surface area contributed by atoms with E-state index in [4.69, 9.17) is 5.73 Å². The topological polar surface area (TPSA) is 94.6 Å². The lowest BCUT2D eigenvalue weighted by atomic mass is 9.92. The Bertz CT molecular complexity index is 1590. The molecule has 0 aliphatic carbocycles. The molecular formula is C33H33N7O. The molecule has 7 rings (SSSR count). The summed E-state index contributed by atoms with van der Waals surface area (Å²) in [7, 11) is 0. The molecule has 3 fully saturated rings. The van der Waals surface area contributed by atoms with Gasteiger partial charge in [0.2, 0.25) is 0 Å². The number of nitrogens with two attached hydrogens (primary N) is 1. The number of rotatable bonds is 5. The van der Waals surface area contributed by atoms with Gasteiger partial charge in [0, 0.05) is 61.6 Å². The fourth-order valence-corrected chi connectivity index (χ4v) is 6.51. The predicted molar refractivity (Wildman–Crippen MR) is 162 cm³/mol. The number of pyridine rings is 1. The third-order valence-electron chi connectivity index (χ3n) is 8.59. The van der Waals surface area contributed by atoms with Crippen LogP contribution in [0.25, 0.3) is 11.3 Å². The maximum atomic E-state index is 10.3. The minimum absolute atomic E-state index is 0.181. The SMILES string of the molecule is Nc1nnc(-c2ccccc2O)cc1N1CC2CCC(C1)N2c1ccnc(C#CCN2CC(c3ccccc3)C2)c1. The van der Waals surface area contributed by atoms with Crippen LogP contribution in [0.5, 0.6) is 5.75 Å². The number of aromatic hydroxyl groups is 1. The lowest BCUT2D eigenvalue weighted by Crippen LogP contribution is -2.54. The first-order valence-corrected chi connectivity index (χ1v) is 14.3. The number of anilines is 3. The number of aromatic nitrogens is 3. The summed E-state index contributed by atoms with van der Waals surface area (Å²) in [6.07, 6.45) is 4.11. The van der Waals surface area contributed by atoms with Crippen molar-refractivity contribution < 1.29 is 5.11 Å². The smallest absolute Gasteiger partial charge is 0.169 e. The summed E-state index contributed by atoms with van der Waals surface area (Å²) in [5, 5.41) is 18.8. The van der Waals surface area contributed by atoms with Crippen molar-refractivity contribution in [3.8, 4) is 28.8 Å². The van der Waals surface area contributed by atoms with Gasteiger partial charge in [0.25, 0.3) is 0 Å². The number of nitrogen functional groups attached to an aromatic ring is 1. The fraction of sp³-hybridized carbons (Fsp3) is 0.303. The van der Waals surface area contributed by atoms with E-state index in [1.807, 2.05) is 24.4 Å². The Kier molecular flexibility index (Phi) is 6.65. The average Bonchev–Trinajstić information content (AvgIpc) is 3.24. The van der Waals surface area contributed by atoms with Crippen molar-refractivity contribution >= 4 is 17.2 Å². The quantitative estimate of drug-likeness (QED) is 0.363. The van der Waals surface area contributed by atoms with Gasteiger partial charge in [-0.2, -0.15) is 0 Å². The summed E-state index contributed by atoms with van der Waals surface area (Å²) >= 11 is 0. The third-order valence-corrected chi connectivity index (χ3v) is 8.59. The molecule has 41 heavy (non-hydrogen) atoms. The number of likely N-dealkylation sites (tertiary alicyclic amines) is 1. The molecule has 3 aliphatic rings. The van der Waals surface area contributed by atoms with Gasteiger partial charge in [0.05, 0.1) is 17.9 Å². The van der Waals surface area contributed by atoms with E-state index in [0.717, 1.165) is 56.9 Å². The summed E-state index contributed by atoms with van der Waals surface area (Å²) in [6, 6.07) is 24.8. The Morgan fingerprint density at radius 3 is 2.41 bits per heavy atom. The van der Waals surface area contributed by atoms with E-state index in [2.05, 4.69) is 84.2 Å². The van der Waals surface area contributed by atoms with Crippen LogP contribution < -0.4 is 15.5 Å². The Morgan fingerprint density at radius 2 is 1.63 bits per heavy atom. The Labute approximate surface area is 240 Å². The Hall–Kier alpha value is -4.61. The maximum Gasteiger partial charge on any atom is 0.169 e. The number of phenolic OH excluding ortho intramolecular Hbond substituents is 1. The summed E-state index contributed by atoms with van der Waals surface area (Å²) in [5.41, 5.74) is 11.9. The van der Waals surface area contributed by atoms with Gasteiger partial charge in [-0.05, 0) is 54.7 Å². The molecule has 0 amide bonds. The van der Waals surface area contributed by atoms with Gasteiger partial charge < -0.3 is 20.6 Å². The monoisotopic (exact) mass is 543 g/mol. The molecule has 2 aromatic carbocycles. The first-order valence-electron chi connectivity index (χ1n) is 14.3. The van der Waals surface area contributed by atoms with Gasteiger partial charge in [-0.25, -0.2) is 4.98 Å². The van der Waals surface area contributed by atoms with Gasteiger partial charge in [0.1, 0.15) is 11.4 Å². The minimum Gasteiger partial charge on any atom is -0.507 e. The van der Waals surface area contributed by atoms with E-state index in [1.54, 1.807) is 12.1 Å². The highest BCUT2D eigenvalue weighted by atomic mass is 16.3. The molecule has 8 heteroatoms. The number of nitrogens with zero attached hydrogens (tertiary/aromatic N) is 6. The Balaban J connectivity index is 1.02. The minimum atomic E-state index is 0.181. The van der Waals surface area contributed by atoms with Crippen LogP contribution in [0.1, 0.15) is 30.0 Å². The number of benzene rings is 2. The van der Waals surface area contributed by atoms with Crippen LogP contribution in [0, 0.1) is 11.8 Å². The molecule has 0 spiro atoms. The lowest BCUT2D eigenvalue weighted by Gasteiger charge is -2.43. The zero-order chi connectivity index (χ0) is 27.8. The number of fused-ring (bicyclic) bond motifs is 2. The van der Waals surface area contributed by atoms with Crippen LogP contribution in [-0.4, -0.2) is 70.0 Å². The zero-order valence-electron chi connectivity index (χ0n) is 22.9. The molecule has 2 bridgehead atoms. The van der Waals surface area contributed by atoms with E-state index < -0.39 is 0 Å². The second kappa shape index (κ2) is 10.8. The third kappa shape index (κ3) is 5.05. The van der Waals surface area contributed by atoms with Crippen molar-refractivity contribution in [3.63, 3.8) is 0 Å². The zero-order valence-corrected chi connectivity index (χ0v) is 22.9. The molecule has 2 aromatic heterocycles. The highest BCUT2D eigenvalue weighted by molar-refractivity contribution is 5.74. The average molecular weight is 544 g/mol. The largest absolute Gasteiger partial charge is 0.507 e. The second-order valence-corrected chi connectivity index (χ2v) is 11.2. The van der Waals surface area contributed by atoms with Crippen molar-refractivity contribution in [3.05, 3.63) is 90.3 Å². The van der Waals surface area contributed by atoms with Crippen molar-refractivity contribution in [1.29, 1.82) is 0 Å². The molecule has 8 nitrogen and oxygen atoms in total. The number of piperazine rings is 1. The van der Waals surface area contributed by atoms with Gasteiger partial charge in [-0.1, -0.05) is 48.4 Å². The summed E-state index contributed by atoms with van der Waals surface area (Å²) in [6.45, 7) is 4.57. The number of para-hydroxylation sites is 1. The maximum absolute atomic E-state index is 10.3. The number of hydrogen-bond donors (Lipinski definition) is 2. The highest BCUT2D eigenvalue weighted by Crippen LogP contribution is 2.39. The van der Waals surface area contributed by atoms with Crippen molar-refractivity contribution in [2.75, 3.05) is 48.3 Å². The second-order valence-electron chi connectivity index (χ2n) is 11.2. The lowest BCUT2D eigenvalue weighted by molar-refractivity contribution is 0.170. The van der Waals surface area contributed by atoms with Crippen LogP contribution in [0.4, 0.5) is 17.2 Å². The van der Waals surface area contributed by atoms with Crippen molar-refractivity contribution in [2.45, 2.75) is 30.8 Å². The summed E-state index contributed by atoms with van der Waals surface area (Å²) < 4.78 is 0. The molecule has 0 radical (unpaired) electrons. The molecule has 206 valence electrons. The molecule has 5 heterocycles. The van der Waals surface area contributed by atoms with Crippen LogP contribution >= 0.6 is 0 Å². The van der Waals surface area contributed by atoms with Crippen molar-refractivity contribution in [1.82, 2.24) is 20.1 Å².